The number of nitrogens with two attached hydrogens (primary N) is 1. The van der Waals surface area contributed by atoms with Crippen LogP contribution in [0.4, 0.5) is 10.1 Å². The van der Waals surface area contributed by atoms with Gasteiger partial charge in [0.05, 0.1) is 18.8 Å². The lowest BCUT2D eigenvalue weighted by atomic mass is 10.1. The van der Waals surface area contributed by atoms with Crippen LogP contribution >= 0.6 is 0 Å². The van der Waals surface area contributed by atoms with Crippen LogP contribution in [0.3, 0.4) is 0 Å². The predicted octanol–water partition coefficient (Wildman–Crippen LogP) is 1.41. The van der Waals surface area contributed by atoms with E-state index in [-0.39, 0.29) is 18.8 Å². The minimum absolute atomic E-state index is 0.0477. The van der Waals surface area contributed by atoms with Crippen molar-refractivity contribution < 1.29 is 14.3 Å². The summed E-state index contributed by atoms with van der Waals surface area (Å²) in [6.45, 7) is 2.23. The van der Waals surface area contributed by atoms with E-state index in [4.69, 9.17) is 5.73 Å². The summed E-state index contributed by atoms with van der Waals surface area (Å²) in [5, 5.41) is 9.24. The Morgan fingerprint density at radius 1 is 1.50 bits per heavy atom. The van der Waals surface area contributed by atoms with Gasteiger partial charge in [-0.1, -0.05) is 25.5 Å². The summed E-state index contributed by atoms with van der Waals surface area (Å²) in [6, 6.07) is 4.49. The van der Waals surface area contributed by atoms with Gasteiger partial charge in [0.2, 0.25) is 5.91 Å². The van der Waals surface area contributed by atoms with Crippen LogP contribution in [0.5, 0.6) is 0 Å². The van der Waals surface area contributed by atoms with E-state index in [2.05, 4.69) is 0 Å². The Bertz CT molecular complexity index is 410. The molecule has 0 aliphatic carbocycles. The molecule has 0 heterocycles. The lowest BCUT2D eigenvalue weighted by Crippen LogP contribution is -2.35. The molecule has 18 heavy (non-hydrogen) atoms. The first-order valence-electron chi connectivity index (χ1n) is 6.01. The van der Waals surface area contributed by atoms with Gasteiger partial charge in [0.25, 0.3) is 0 Å². The molecule has 0 atom stereocenters. The molecular formula is C13H19FN2O2. The number of halogens is 1. The smallest absolute Gasteiger partial charge is 0.236 e. The van der Waals surface area contributed by atoms with Gasteiger partial charge in [-0.05, 0) is 12.5 Å². The number of carbonyl (C=O) groups excluding carboxylic acids is 1. The highest BCUT2D eigenvalue weighted by molar-refractivity contribution is 5.80. The van der Waals surface area contributed by atoms with Crippen LogP contribution in [0.1, 0.15) is 25.3 Å². The molecular weight excluding hydrogens is 235 g/mol. The maximum Gasteiger partial charge on any atom is 0.236 e. The van der Waals surface area contributed by atoms with E-state index < -0.39 is 11.7 Å². The summed E-state index contributed by atoms with van der Waals surface area (Å²) in [5.74, 6) is -0.961. The number of anilines is 1. The number of carbonyl (C=O) groups is 1. The predicted molar refractivity (Wildman–Crippen MR) is 68.6 cm³/mol. The van der Waals surface area contributed by atoms with E-state index in [1.54, 1.807) is 11.0 Å². The molecule has 4 nitrogen and oxygen atoms in total. The number of unbranched alkanes of at least 4 members (excludes halogenated alkanes) is 1. The SMILES string of the molecule is CCCCN(CC(N)=O)c1c(F)cccc1CO. The van der Waals surface area contributed by atoms with Crippen molar-refractivity contribution in [3.05, 3.63) is 29.6 Å². The molecule has 0 aliphatic rings. The summed E-state index contributed by atoms with van der Waals surface area (Å²) in [6.07, 6.45) is 1.75. The molecule has 1 aromatic rings. The summed E-state index contributed by atoms with van der Waals surface area (Å²) in [4.78, 5) is 12.6. The number of aliphatic hydroxyl groups is 1. The second-order valence-electron chi connectivity index (χ2n) is 4.15. The topological polar surface area (TPSA) is 66.6 Å². The number of benzene rings is 1. The Balaban J connectivity index is 3.06. The Morgan fingerprint density at radius 2 is 2.22 bits per heavy atom. The molecule has 0 aromatic heterocycles. The lowest BCUT2D eigenvalue weighted by molar-refractivity contribution is -0.116. The summed E-state index contributed by atoms with van der Waals surface area (Å²) in [7, 11) is 0. The van der Waals surface area contributed by atoms with Gasteiger partial charge in [-0.3, -0.25) is 4.79 Å². The largest absolute Gasteiger partial charge is 0.392 e. The van der Waals surface area contributed by atoms with Crippen LogP contribution in [0.15, 0.2) is 18.2 Å². The molecule has 1 aromatic carbocycles. The first-order valence-corrected chi connectivity index (χ1v) is 6.01. The van der Waals surface area contributed by atoms with Crippen LogP contribution < -0.4 is 10.6 Å². The quantitative estimate of drug-likeness (QED) is 0.773. The minimum atomic E-state index is -0.516. The van der Waals surface area contributed by atoms with Gasteiger partial charge in [0.15, 0.2) is 0 Å². The number of primary amides is 1. The Morgan fingerprint density at radius 3 is 2.78 bits per heavy atom. The van der Waals surface area contributed by atoms with Crippen LogP contribution in [0.25, 0.3) is 0 Å². The fourth-order valence-electron chi connectivity index (χ4n) is 1.85. The van der Waals surface area contributed by atoms with Gasteiger partial charge >= 0.3 is 0 Å². The number of hydrogen-bond donors (Lipinski definition) is 2. The zero-order valence-electron chi connectivity index (χ0n) is 10.5. The Kier molecular flexibility index (Phi) is 5.58. The lowest BCUT2D eigenvalue weighted by Gasteiger charge is -2.25. The van der Waals surface area contributed by atoms with Crippen molar-refractivity contribution in [1.29, 1.82) is 0 Å². The normalized spacial score (nSPS) is 10.4. The monoisotopic (exact) mass is 254 g/mol. The molecule has 1 amide bonds. The molecule has 0 saturated heterocycles. The highest BCUT2D eigenvalue weighted by Crippen LogP contribution is 2.24. The first-order chi connectivity index (χ1) is 8.60. The molecule has 0 bridgehead atoms. The third kappa shape index (κ3) is 3.70. The van der Waals surface area contributed by atoms with Crippen LogP contribution in [0.2, 0.25) is 0 Å². The van der Waals surface area contributed by atoms with Gasteiger partial charge in [0.1, 0.15) is 5.82 Å². The molecule has 100 valence electrons. The zero-order valence-corrected chi connectivity index (χ0v) is 10.5. The van der Waals surface area contributed by atoms with E-state index >= 15 is 0 Å². The molecule has 1 rings (SSSR count). The molecule has 0 radical (unpaired) electrons. The van der Waals surface area contributed by atoms with Crippen molar-refractivity contribution in [3.8, 4) is 0 Å². The van der Waals surface area contributed by atoms with E-state index in [9.17, 15) is 14.3 Å². The second-order valence-corrected chi connectivity index (χ2v) is 4.15. The van der Waals surface area contributed by atoms with Gasteiger partial charge in [-0.25, -0.2) is 4.39 Å². The molecule has 0 fully saturated rings. The average molecular weight is 254 g/mol. The van der Waals surface area contributed by atoms with E-state index in [1.165, 1.54) is 12.1 Å². The van der Waals surface area contributed by atoms with Crippen molar-refractivity contribution in [2.45, 2.75) is 26.4 Å². The van der Waals surface area contributed by atoms with Crippen LogP contribution in [0, 0.1) is 5.82 Å². The Labute approximate surface area is 106 Å². The van der Waals surface area contributed by atoms with Crippen molar-refractivity contribution in [2.24, 2.45) is 5.73 Å². The molecule has 0 unspecified atom stereocenters. The number of para-hydroxylation sites is 1. The number of aliphatic hydroxyl groups excluding tert-OH is 1. The average Bonchev–Trinajstić information content (AvgIpc) is 2.34. The maximum atomic E-state index is 13.9. The molecule has 5 heteroatoms. The summed E-state index contributed by atoms with van der Waals surface area (Å²) >= 11 is 0. The highest BCUT2D eigenvalue weighted by atomic mass is 19.1. The zero-order chi connectivity index (χ0) is 13.5. The number of hydrogen-bond acceptors (Lipinski definition) is 3. The van der Waals surface area contributed by atoms with Crippen molar-refractivity contribution >= 4 is 11.6 Å². The van der Waals surface area contributed by atoms with E-state index in [0.29, 0.717) is 12.1 Å². The fourth-order valence-corrected chi connectivity index (χ4v) is 1.85. The van der Waals surface area contributed by atoms with Gasteiger partial charge in [-0.15, -0.1) is 0 Å². The Hall–Kier alpha value is -1.62. The number of nitrogens with zero attached hydrogens (tertiary/aromatic N) is 1. The van der Waals surface area contributed by atoms with E-state index in [0.717, 1.165) is 12.8 Å². The first kappa shape index (κ1) is 14.4. The van der Waals surface area contributed by atoms with Crippen LogP contribution in [-0.4, -0.2) is 24.1 Å². The second kappa shape index (κ2) is 6.96. The van der Waals surface area contributed by atoms with E-state index in [1.807, 2.05) is 6.92 Å². The summed E-state index contributed by atoms with van der Waals surface area (Å²) < 4.78 is 13.9. The molecule has 0 aliphatic heterocycles. The third-order valence-electron chi connectivity index (χ3n) is 2.69. The van der Waals surface area contributed by atoms with Crippen LogP contribution in [-0.2, 0) is 11.4 Å². The molecule has 0 spiro atoms. The van der Waals surface area contributed by atoms with Gasteiger partial charge in [0, 0.05) is 12.1 Å². The fraction of sp³-hybridized carbons (Fsp3) is 0.462. The molecule has 0 saturated carbocycles. The maximum absolute atomic E-state index is 13.9. The number of amides is 1. The van der Waals surface area contributed by atoms with Gasteiger partial charge < -0.3 is 15.7 Å². The molecule has 3 N–H and O–H groups in total. The van der Waals surface area contributed by atoms with Crippen molar-refractivity contribution in [2.75, 3.05) is 18.0 Å². The third-order valence-corrected chi connectivity index (χ3v) is 2.69. The standard InChI is InChI=1S/C13H19FN2O2/c1-2-3-7-16(8-12(15)18)13-10(9-17)5-4-6-11(13)14/h4-6,17H,2-3,7-9H2,1H3,(H2,15,18). The van der Waals surface area contributed by atoms with Gasteiger partial charge in [-0.2, -0.15) is 0 Å². The minimum Gasteiger partial charge on any atom is -0.392 e. The summed E-state index contributed by atoms with van der Waals surface area (Å²) in [5.41, 5.74) is 5.91. The van der Waals surface area contributed by atoms with Crippen molar-refractivity contribution in [1.82, 2.24) is 0 Å². The van der Waals surface area contributed by atoms with Crippen molar-refractivity contribution in [3.63, 3.8) is 0 Å². The number of rotatable bonds is 7. The highest BCUT2D eigenvalue weighted by Gasteiger charge is 2.17.